The van der Waals surface area contributed by atoms with Crippen LogP contribution in [0.3, 0.4) is 0 Å². The van der Waals surface area contributed by atoms with E-state index in [2.05, 4.69) is 14.8 Å². The van der Waals surface area contributed by atoms with Crippen LogP contribution >= 0.6 is 0 Å². The van der Waals surface area contributed by atoms with Crippen molar-refractivity contribution in [3.63, 3.8) is 0 Å². The summed E-state index contributed by atoms with van der Waals surface area (Å²) in [6.45, 7) is 0.610. The van der Waals surface area contributed by atoms with Crippen molar-refractivity contribution in [1.29, 1.82) is 0 Å². The molecule has 0 saturated heterocycles. The third-order valence-electron chi connectivity index (χ3n) is 7.19. The highest BCUT2D eigenvalue weighted by atomic mass is 32.2. The van der Waals surface area contributed by atoms with E-state index in [-0.39, 0.29) is 18.5 Å². The number of ether oxygens (including phenoxy) is 2. The Balaban J connectivity index is 1.47. The van der Waals surface area contributed by atoms with Crippen LogP contribution in [0.5, 0.6) is 11.5 Å². The topological polar surface area (TPSA) is 106 Å². The highest BCUT2D eigenvalue weighted by Crippen LogP contribution is 2.43. The molecule has 3 aromatic carbocycles. The van der Waals surface area contributed by atoms with Crippen LogP contribution in [-0.2, 0) is 22.2 Å². The minimum Gasteiger partial charge on any atom is -0.496 e. The molecule has 1 amide bonds. The normalized spacial score (nSPS) is 19.5. The standard InChI is InChI=1S/C29H35N3O5S/c1-36-26-14-8-6-12-24(26)28(33)30-21-29(25-13-7-9-15-27(25)37-2)18-16-23(17-19-29)32-38(34,35)31-20-22-10-4-3-5-11-22/h3-15,23,31-32H,16-21H2,1-2H3,(H,30,33). The minimum absolute atomic E-state index is 0.212. The quantitative estimate of drug-likeness (QED) is 0.344. The molecule has 3 aromatic rings. The molecule has 0 atom stereocenters. The molecule has 1 saturated carbocycles. The number of amides is 1. The zero-order chi connectivity index (χ0) is 27.0. The Kier molecular flexibility index (Phi) is 9.04. The van der Waals surface area contributed by atoms with Gasteiger partial charge in [-0.25, -0.2) is 0 Å². The number of methoxy groups -OCH3 is 2. The van der Waals surface area contributed by atoms with E-state index in [1.165, 1.54) is 0 Å². The second-order valence-corrected chi connectivity index (χ2v) is 11.1. The van der Waals surface area contributed by atoms with Gasteiger partial charge in [0.15, 0.2) is 0 Å². The third-order valence-corrected chi connectivity index (χ3v) is 8.36. The second kappa shape index (κ2) is 12.4. The average Bonchev–Trinajstić information content (AvgIpc) is 2.96. The lowest BCUT2D eigenvalue weighted by atomic mass is 9.68. The maximum Gasteiger partial charge on any atom is 0.277 e. The molecule has 1 aliphatic carbocycles. The first-order valence-electron chi connectivity index (χ1n) is 12.7. The molecule has 0 bridgehead atoms. The maximum atomic E-state index is 13.1. The summed E-state index contributed by atoms with van der Waals surface area (Å²) in [7, 11) is -0.494. The van der Waals surface area contributed by atoms with Gasteiger partial charge in [0.25, 0.3) is 16.1 Å². The number of carbonyl (C=O) groups is 1. The highest BCUT2D eigenvalue weighted by Gasteiger charge is 2.40. The summed E-state index contributed by atoms with van der Waals surface area (Å²) < 4.78 is 41.9. The summed E-state index contributed by atoms with van der Waals surface area (Å²) >= 11 is 0. The molecular weight excluding hydrogens is 502 g/mol. The SMILES string of the molecule is COc1ccccc1C(=O)NCC1(c2ccccc2OC)CCC(NS(=O)(=O)NCc2ccccc2)CC1. The zero-order valence-corrected chi connectivity index (χ0v) is 22.6. The van der Waals surface area contributed by atoms with Crippen LogP contribution in [0.1, 0.15) is 47.2 Å². The first kappa shape index (κ1) is 27.6. The number of benzene rings is 3. The summed E-state index contributed by atoms with van der Waals surface area (Å²) in [6.07, 6.45) is 2.58. The van der Waals surface area contributed by atoms with Crippen molar-refractivity contribution in [2.45, 2.75) is 43.7 Å². The Bertz CT molecular complexity index is 1320. The summed E-state index contributed by atoms with van der Waals surface area (Å²) in [5.74, 6) is 1.05. The van der Waals surface area contributed by atoms with Crippen LogP contribution in [0.15, 0.2) is 78.9 Å². The molecule has 1 aliphatic rings. The molecule has 0 radical (unpaired) electrons. The largest absolute Gasteiger partial charge is 0.496 e. The smallest absolute Gasteiger partial charge is 0.277 e. The first-order valence-corrected chi connectivity index (χ1v) is 14.2. The number of carbonyl (C=O) groups excluding carboxylic acids is 1. The van der Waals surface area contributed by atoms with Gasteiger partial charge in [0, 0.05) is 30.1 Å². The number of hydrogen-bond donors (Lipinski definition) is 3. The van der Waals surface area contributed by atoms with Crippen LogP contribution in [0, 0.1) is 0 Å². The summed E-state index contributed by atoms with van der Waals surface area (Å²) in [5, 5.41) is 3.11. The molecule has 1 fully saturated rings. The van der Waals surface area contributed by atoms with Gasteiger partial charge in [0.2, 0.25) is 0 Å². The van der Waals surface area contributed by atoms with Crippen molar-refractivity contribution >= 4 is 16.1 Å². The van der Waals surface area contributed by atoms with Crippen LogP contribution < -0.4 is 24.2 Å². The van der Waals surface area contributed by atoms with Gasteiger partial charge in [0.05, 0.1) is 19.8 Å². The van der Waals surface area contributed by atoms with Gasteiger partial charge in [0.1, 0.15) is 11.5 Å². The molecule has 3 N–H and O–H groups in total. The molecule has 0 unspecified atom stereocenters. The molecule has 202 valence electrons. The summed E-state index contributed by atoms with van der Waals surface area (Å²) in [5.41, 5.74) is 1.95. The summed E-state index contributed by atoms with van der Waals surface area (Å²) in [4.78, 5) is 13.1. The van der Waals surface area contributed by atoms with E-state index < -0.39 is 15.6 Å². The summed E-state index contributed by atoms with van der Waals surface area (Å²) in [6, 6.07) is 24.1. The molecule has 9 heteroatoms. The van der Waals surface area contributed by atoms with Gasteiger partial charge in [-0.05, 0) is 49.4 Å². The Morgan fingerprint density at radius 3 is 2.16 bits per heavy atom. The van der Waals surface area contributed by atoms with Crippen molar-refractivity contribution in [3.05, 3.63) is 95.6 Å². The highest BCUT2D eigenvalue weighted by molar-refractivity contribution is 7.87. The molecular formula is C29H35N3O5S. The van der Waals surface area contributed by atoms with Gasteiger partial charge in [-0.3, -0.25) is 4.79 Å². The Labute approximate surface area is 224 Å². The molecule has 38 heavy (non-hydrogen) atoms. The Morgan fingerprint density at radius 1 is 0.868 bits per heavy atom. The van der Waals surface area contributed by atoms with Crippen molar-refractivity contribution in [3.8, 4) is 11.5 Å². The maximum absolute atomic E-state index is 13.1. The van der Waals surface area contributed by atoms with Crippen LogP contribution in [0.2, 0.25) is 0 Å². The van der Waals surface area contributed by atoms with E-state index in [4.69, 9.17) is 9.47 Å². The predicted octanol–water partition coefficient (Wildman–Crippen LogP) is 3.94. The van der Waals surface area contributed by atoms with Crippen molar-refractivity contribution in [1.82, 2.24) is 14.8 Å². The van der Waals surface area contributed by atoms with E-state index in [9.17, 15) is 13.2 Å². The van der Waals surface area contributed by atoms with E-state index in [1.807, 2.05) is 60.7 Å². The van der Waals surface area contributed by atoms with Crippen LogP contribution in [-0.4, -0.2) is 41.1 Å². The van der Waals surface area contributed by atoms with Gasteiger partial charge in [-0.15, -0.1) is 0 Å². The molecule has 0 spiro atoms. The fourth-order valence-corrected chi connectivity index (χ4v) is 6.24. The van der Waals surface area contributed by atoms with Gasteiger partial charge < -0.3 is 14.8 Å². The van der Waals surface area contributed by atoms with Crippen molar-refractivity contribution in [2.24, 2.45) is 0 Å². The lowest BCUT2D eigenvalue weighted by Gasteiger charge is -2.41. The molecule has 8 nitrogen and oxygen atoms in total. The average molecular weight is 538 g/mol. The number of rotatable bonds is 11. The van der Waals surface area contributed by atoms with Gasteiger partial charge in [-0.2, -0.15) is 17.9 Å². The Hall–Kier alpha value is -3.40. The molecule has 0 aliphatic heterocycles. The first-order chi connectivity index (χ1) is 18.4. The minimum atomic E-state index is -3.67. The Morgan fingerprint density at radius 2 is 1.47 bits per heavy atom. The van der Waals surface area contributed by atoms with E-state index in [1.54, 1.807) is 32.4 Å². The fourth-order valence-electron chi connectivity index (χ4n) is 5.12. The fraction of sp³-hybridized carbons (Fsp3) is 0.345. The molecule has 0 heterocycles. The van der Waals surface area contributed by atoms with E-state index in [0.717, 1.165) is 16.9 Å². The lowest BCUT2D eigenvalue weighted by molar-refractivity contribution is 0.0931. The van der Waals surface area contributed by atoms with E-state index in [0.29, 0.717) is 43.5 Å². The lowest BCUT2D eigenvalue weighted by Crippen LogP contribution is -2.49. The van der Waals surface area contributed by atoms with Crippen molar-refractivity contribution in [2.75, 3.05) is 20.8 Å². The monoisotopic (exact) mass is 537 g/mol. The number of hydrogen-bond acceptors (Lipinski definition) is 5. The molecule has 4 rings (SSSR count). The van der Waals surface area contributed by atoms with Gasteiger partial charge >= 0.3 is 0 Å². The van der Waals surface area contributed by atoms with Crippen LogP contribution in [0.4, 0.5) is 0 Å². The van der Waals surface area contributed by atoms with Crippen LogP contribution in [0.25, 0.3) is 0 Å². The second-order valence-electron chi connectivity index (χ2n) is 9.57. The van der Waals surface area contributed by atoms with Gasteiger partial charge in [-0.1, -0.05) is 60.7 Å². The third kappa shape index (κ3) is 6.72. The van der Waals surface area contributed by atoms with Crippen molar-refractivity contribution < 1.29 is 22.7 Å². The van der Waals surface area contributed by atoms with E-state index >= 15 is 0 Å². The number of para-hydroxylation sites is 2. The zero-order valence-electron chi connectivity index (χ0n) is 21.8. The number of nitrogens with one attached hydrogen (secondary N) is 3. The predicted molar refractivity (Wildman–Crippen MR) is 148 cm³/mol. The molecule has 0 aromatic heterocycles.